The average molecular weight is 256 g/mol. The minimum Gasteiger partial charge on any atom is -0.394 e. The van der Waals surface area contributed by atoms with Crippen LogP contribution in [0.2, 0.25) is 0 Å². The normalized spacial score (nSPS) is 21.1. The molecular weight excluding hydrogens is 228 g/mol. The molecule has 1 atom stereocenters. The first-order valence-electron chi connectivity index (χ1n) is 7.29. The van der Waals surface area contributed by atoms with E-state index in [1.807, 2.05) is 4.90 Å². The standard InChI is InChI=1S/C14H28N2O2/c1-12(2)15-9-6-8-14(18)16-10-5-3-4-7-13(16)11-17/h12-13,15,17H,3-11H2,1-2H3. The SMILES string of the molecule is CC(C)NCCCC(=O)N1CCCCCC1CO. The molecule has 106 valence electrons. The highest BCUT2D eigenvalue weighted by Crippen LogP contribution is 2.17. The van der Waals surface area contributed by atoms with Crippen LogP contribution in [-0.4, -0.2) is 47.7 Å². The molecule has 1 amide bonds. The first-order chi connectivity index (χ1) is 8.65. The smallest absolute Gasteiger partial charge is 0.222 e. The van der Waals surface area contributed by atoms with Crippen molar-refractivity contribution in [2.24, 2.45) is 0 Å². The molecule has 0 radical (unpaired) electrons. The molecule has 1 unspecified atom stereocenters. The molecule has 0 saturated carbocycles. The third-order valence-corrected chi connectivity index (χ3v) is 3.53. The van der Waals surface area contributed by atoms with Gasteiger partial charge in [-0.05, 0) is 25.8 Å². The summed E-state index contributed by atoms with van der Waals surface area (Å²) in [4.78, 5) is 14.1. The predicted octanol–water partition coefficient (Wildman–Crippen LogP) is 1.53. The Morgan fingerprint density at radius 2 is 2.17 bits per heavy atom. The first-order valence-corrected chi connectivity index (χ1v) is 7.29. The van der Waals surface area contributed by atoms with Crippen LogP contribution in [0, 0.1) is 0 Å². The van der Waals surface area contributed by atoms with Gasteiger partial charge in [0.05, 0.1) is 12.6 Å². The second-order valence-corrected chi connectivity index (χ2v) is 5.49. The molecule has 1 heterocycles. The summed E-state index contributed by atoms with van der Waals surface area (Å²) in [6.45, 7) is 6.04. The van der Waals surface area contributed by atoms with E-state index in [0.29, 0.717) is 12.5 Å². The van der Waals surface area contributed by atoms with Gasteiger partial charge in [-0.2, -0.15) is 0 Å². The lowest BCUT2D eigenvalue weighted by molar-refractivity contribution is -0.134. The van der Waals surface area contributed by atoms with E-state index in [-0.39, 0.29) is 18.6 Å². The van der Waals surface area contributed by atoms with Crippen molar-refractivity contribution in [1.82, 2.24) is 10.2 Å². The number of nitrogens with one attached hydrogen (secondary N) is 1. The molecule has 1 saturated heterocycles. The van der Waals surface area contributed by atoms with Crippen LogP contribution in [-0.2, 0) is 4.79 Å². The Balaban J connectivity index is 2.33. The van der Waals surface area contributed by atoms with Crippen molar-refractivity contribution in [3.8, 4) is 0 Å². The Hall–Kier alpha value is -0.610. The third kappa shape index (κ3) is 5.36. The molecule has 0 aromatic heterocycles. The molecule has 1 aliphatic heterocycles. The molecule has 4 heteroatoms. The summed E-state index contributed by atoms with van der Waals surface area (Å²) in [5.41, 5.74) is 0. The summed E-state index contributed by atoms with van der Waals surface area (Å²) < 4.78 is 0. The summed E-state index contributed by atoms with van der Waals surface area (Å²) in [5.74, 6) is 0.210. The number of aliphatic hydroxyl groups excluding tert-OH is 1. The fourth-order valence-corrected chi connectivity index (χ4v) is 2.47. The zero-order valence-corrected chi connectivity index (χ0v) is 11.8. The predicted molar refractivity (Wildman–Crippen MR) is 73.4 cm³/mol. The van der Waals surface area contributed by atoms with Crippen molar-refractivity contribution in [3.05, 3.63) is 0 Å². The van der Waals surface area contributed by atoms with Crippen molar-refractivity contribution >= 4 is 5.91 Å². The number of aliphatic hydroxyl groups is 1. The van der Waals surface area contributed by atoms with Crippen LogP contribution >= 0.6 is 0 Å². The molecular formula is C14H28N2O2. The molecule has 0 aliphatic carbocycles. The van der Waals surface area contributed by atoms with E-state index in [1.165, 1.54) is 6.42 Å². The van der Waals surface area contributed by atoms with Gasteiger partial charge in [0.25, 0.3) is 0 Å². The second kappa shape index (κ2) is 8.48. The van der Waals surface area contributed by atoms with Crippen molar-refractivity contribution in [2.45, 2.75) is 64.5 Å². The van der Waals surface area contributed by atoms with Crippen LogP contribution in [0.3, 0.4) is 0 Å². The van der Waals surface area contributed by atoms with Crippen LogP contribution in [0.5, 0.6) is 0 Å². The second-order valence-electron chi connectivity index (χ2n) is 5.49. The number of nitrogens with zero attached hydrogens (tertiary/aromatic N) is 1. The van der Waals surface area contributed by atoms with Gasteiger partial charge in [-0.25, -0.2) is 0 Å². The van der Waals surface area contributed by atoms with E-state index < -0.39 is 0 Å². The fourth-order valence-electron chi connectivity index (χ4n) is 2.47. The molecule has 0 aromatic carbocycles. The zero-order valence-electron chi connectivity index (χ0n) is 11.8. The Kier molecular flexibility index (Phi) is 7.28. The van der Waals surface area contributed by atoms with Crippen LogP contribution in [0.15, 0.2) is 0 Å². The van der Waals surface area contributed by atoms with Gasteiger partial charge in [-0.15, -0.1) is 0 Å². The number of amides is 1. The summed E-state index contributed by atoms with van der Waals surface area (Å²) >= 11 is 0. The maximum Gasteiger partial charge on any atom is 0.222 e. The minimum absolute atomic E-state index is 0.0538. The van der Waals surface area contributed by atoms with Crippen LogP contribution in [0.25, 0.3) is 0 Å². The summed E-state index contributed by atoms with van der Waals surface area (Å²) in [7, 11) is 0. The first kappa shape index (κ1) is 15.4. The van der Waals surface area contributed by atoms with E-state index in [2.05, 4.69) is 19.2 Å². The van der Waals surface area contributed by atoms with Gasteiger partial charge in [-0.1, -0.05) is 26.7 Å². The number of carbonyl (C=O) groups is 1. The molecule has 1 aliphatic rings. The Labute approximate surface area is 111 Å². The van der Waals surface area contributed by atoms with Crippen molar-refractivity contribution < 1.29 is 9.90 Å². The molecule has 0 aromatic rings. The van der Waals surface area contributed by atoms with Gasteiger partial charge in [0.1, 0.15) is 0 Å². The maximum atomic E-state index is 12.2. The monoisotopic (exact) mass is 256 g/mol. The van der Waals surface area contributed by atoms with Crippen molar-refractivity contribution in [2.75, 3.05) is 19.7 Å². The van der Waals surface area contributed by atoms with Gasteiger partial charge >= 0.3 is 0 Å². The number of hydrogen-bond acceptors (Lipinski definition) is 3. The quantitative estimate of drug-likeness (QED) is 0.709. The highest BCUT2D eigenvalue weighted by atomic mass is 16.3. The van der Waals surface area contributed by atoms with Gasteiger partial charge < -0.3 is 15.3 Å². The number of hydrogen-bond donors (Lipinski definition) is 2. The fraction of sp³-hybridized carbons (Fsp3) is 0.929. The van der Waals surface area contributed by atoms with E-state index in [0.717, 1.165) is 38.8 Å². The molecule has 0 bridgehead atoms. The molecule has 1 fully saturated rings. The molecule has 0 spiro atoms. The average Bonchev–Trinajstić information content (AvgIpc) is 2.59. The highest BCUT2D eigenvalue weighted by molar-refractivity contribution is 5.76. The Morgan fingerprint density at radius 3 is 2.83 bits per heavy atom. The topological polar surface area (TPSA) is 52.6 Å². The lowest BCUT2D eigenvalue weighted by atomic mass is 10.1. The van der Waals surface area contributed by atoms with Gasteiger partial charge in [-0.3, -0.25) is 4.79 Å². The lowest BCUT2D eigenvalue weighted by Crippen LogP contribution is -2.42. The number of rotatable bonds is 6. The number of likely N-dealkylation sites (tertiary alicyclic amines) is 1. The Bertz CT molecular complexity index is 244. The summed E-state index contributed by atoms with van der Waals surface area (Å²) in [6, 6.07) is 0.529. The van der Waals surface area contributed by atoms with Gasteiger partial charge in [0.2, 0.25) is 5.91 Å². The molecule has 2 N–H and O–H groups in total. The molecule has 4 nitrogen and oxygen atoms in total. The number of carbonyl (C=O) groups excluding carboxylic acids is 1. The lowest BCUT2D eigenvalue weighted by Gasteiger charge is -2.28. The third-order valence-electron chi connectivity index (χ3n) is 3.53. The Morgan fingerprint density at radius 1 is 1.39 bits per heavy atom. The largest absolute Gasteiger partial charge is 0.394 e. The highest BCUT2D eigenvalue weighted by Gasteiger charge is 2.24. The van der Waals surface area contributed by atoms with E-state index >= 15 is 0 Å². The van der Waals surface area contributed by atoms with Crippen LogP contribution < -0.4 is 5.32 Å². The van der Waals surface area contributed by atoms with Gasteiger partial charge in [0, 0.05) is 19.0 Å². The summed E-state index contributed by atoms with van der Waals surface area (Å²) in [5, 5.41) is 12.7. The molecule has 1 rings (SSSR count). The summed E-state index contributed by atoms with van der Waals surface area (Å²) in [6.07, 6.45) is 5.81. The van der Waals surface area contributed by atoms with Crippen molar-refractivity contribution in [3.63, 3.8) is 0 Å². The minimum atomic E-state index is 0.0538. The van der Waals surface area contributed by atoms with Crippen molar-refractivity contribution in [1.29, 1.82) is 0 Å². The van der Waals surface area contributed by atoms with Crippen LogP contribution in [0.4, 0.5) is 0 Å². The van der Waals surface area contributed by atoms with Gasteiger partial charge in [0.15, 0.2) is 0 Å². The molecule has 18 heavy (non-hydrogen) atoms. The maximum absolute atomic E-state index is 12.2. The van der Waals surface area contributed by atoms with Crippen LogP contribution in [0.1, 0.15) is 52.4 Å². The zero-order chi connectivity index (χ0) is 13.4. The van der Waals surface area contributed by atoms with E-state index in [1.54, 1.807) is 0 Å². The van der Waals surface area contributed by atoms with E-state index in [9.17, 15) is 9.90 Å². The van der Waals surface area contributed by atoms with E-state index in [4.69, 9.17) is 0 Å².